The highest BCUT2D eigenvalue weighted by Gasteiger charge is 2.45. The fraction of sp³-hybridized carbons (Fsp3) is 0.440. The number of fused-ring (bicyclic) bond motifs is 1. The summed E-state index contributed by atoms with van der Waals surface area (Å²) in [6, 6.07) is 8.79. The molecule has 39 heavy (non-hydrogen) atoms. The van der Waals surface area contributed by atoms with Crippen LogP contribution in [0.2, 0.25) is 0 Å². The van der Waals surface area contributed by atoms with Gasteiger partial charge in [0.25, 0.3) is 5.92 Å². The van der Waals surface area contributed by atoms with E-state index in [4.69, 9.17) is 0 Å². The van der Waals surface area contributed by atoms with Gasteiger partial charge in [-0.05, 0) is 42.8 Å². The fourth-order valence-electron chi connectivity index (χ4n) is 5.39. The third-order valence-corrected chi connectivity index (χ3v) is 11.2. The van der Waals surface area contributed by atoms with Gasteiger partial charge in [-0.25, -0.2) is 25.6 Å². The molecule has 3 fully saturated rings. The Hall–Kier alpha value is -3.10. The van der Waals surface area contributed by atoms with Crippen molar-refractivity contribution in [2.24, 2.45) is 0 Å². The highest BCUT2D eigenvalue weighted by Crippen LogP contribution is 2.40. The summed E-state index contributed by atoms with van der Waals surface area (Å²) >= 11 is 0. The molecule has 6 rings (SSSR count). The maximum atomic E-state index is 14.1. The van der Waals surface area contributed by atoms with Gasteiger partial charge in [0.05, 0.1) is 39.7 Å². The summed E-state index contributed by atoms with van der Waals surface area (Å²) in [5, 5.41) is 0. The van der Waals surface area contributed by atoms with E-state index in [1.54, 1.807) is 23.2 Å². The molecule has 0 radical (unpaired) electrons. The number of carbonyl (C=O) groups is 1. The molecule has 0 spiro atoms. The smallest absolute Gasteiger partial charge is 0.266 e. The first kappa shape index (κ1) is 26.1. The van der Waals surface area contributed by atoms with E-state index in [-0.39, 0.29) is 49.0 Å². The van der Waals surface area contributed by atoms with E-state index in [0.717, 1.165) is 9.82 Å². The zero-order chi connectivity index (χ0) is 27.6. The second-order valence-corrected chi connectivity index (χ2v) is 14.4. The Balaban J connectivity index is 1.34. The first-order valence-corrected chi connectivity index (χ1v) is 15.9. The first-order chi connectivity index (χ1) is 18.4. The highest BCUT2D eigenvalue weighted by atomic mass is 32.2. The SMILES string of the molecule is O=C([C@@H]1CCN1S(=O)(=O)c1ccc(N2CCC(F)(F)C2)c(-c2cc3ncccc3[nH]2)c1)N1CCS(=O)(=O)CC1. The summed E-state index contributed by atoms with van der Waals surface area (Å²) in [5.41, 5.74) is 2.82. The molecule has 3 aliphatic heterocycles. The largest absolute Gasteiger partial charge is 0.365 e. The number of hydrogen-bond donors (Lipinski definition) is 1. The van der Waals surface area contributed by atoms with Crippen molar-refractivity contribution < 1.29 is 30.4 Å². The minimum absolute atomic E-state index is 0.0410. The van der Waals surface area contributed by atoms with E-state index < -0.39 is 44.3 Å². The van der Waals surface area contributed by atoms with Crippen LogP contribution in [0.4, 0.5) is 14.5 Å². The number of sulfonamides is 1. The summed E-state index contributed by atoms with van der Waals surface area (Å²) in [6.07, 6.45) is 1.67. The average molecular weight is 580 g/mol. The van der Waals surface area contributed by atoms with Gasteiger partial charge in [0.15, 0.2) is 9.84 Å². The van der Waals surface area contributed by atoms with Crippen molar-refractivity contribution in [3.05, 3.63) is 42.6 Å². The number of aromatic nitrogens is 2. The van der Waals surface area contributed by atoms with Crippen molar-refractivity contribution in [3.8, 4) is 11.3 Å². The summed E-state index contributed by atoms with van der Waals surface area (Å²) in [7, 11) is -7.30. The van der Waals surface area contributed by atoms with E-state index in [0.29, 0.717) is 28.9 Å². The van der Waals surface area contributed by atoms with Gasteiger partial charge < -0.3 is 14.8 Å². The van der Waals surface area contributed by atoms with Crippen LogP contribution in [0.15, 0.2) is 47.5 Å². The lowest BCUT2D eigenvalue weighted by Gasteiger charge is -2.41. The predicted octanol–water partition coefficient (Wildman–Crippen LogP) is 2.10. The minimum Gasteiger partial charge on any atom is -0.365 e. The molecule has 3 aliphatic rings. The summed E-state index contributed by atoms with van der Waals surface area (Å²) in [4.78, 5) is 23.5. The molecule has 5 heterocycles. The Morgan fingerprint density at radius 1 is 1.08 bits per heavy atom. The van der Waals surface area contributed by atoms with Crippen LogP contribution in [0, 0.1) is 0 Å². The second-order valence-electron chi connectivity index (χ2n) is 10.2. The quantitative estimate of drug-likeness (QED) is 0.491. The van der Waals surface area contributed by atoms with Crippen LogP contribution >= 0.6 is 0 Å². The number of H-pyrrole nitrogens is 1. The number of hydrogen-bond acceptors (Lipinski definition) is 7. The van der Waals surface area contributed by atoms with Gasteiger partial charge in [0, 0.05) is 50.0 Å². The van der Waals surface area contributed by atoms with Crippen LogP contribution in [-0.4, -0.2) is 98.1 Å². The molecule has 0 aliphatic carbocycles. The van der Waals surface area contributed by atoms with E-state index in [2.05, 4.69) is 9.97 Å². The predicted molar refractivity (Wildman–Crippen MR) is 141 cm³/mol. The molecule has 208 valence electrons. The Morgan fingerprint density at radius 2 is 1.85 bits per heavy atom. The van der Waals surface area contributed by atoms with Crippen molar-refractivity contribution in [1.29, 1.82) is 0 Å². The van der Waals surface area contributed by atoms with Crippen LogP contribution < -0.4 is 4.90 Å². The fourth-order valence-corrected chi connectivity index (χ4v) is 8.24. The molecule has 0 unspecified atom stereocenters. The van der Waals surface area contributed by atoms with Crippen LogP contribution in [0.1, 0.15) is 12.8 Å². The molecule has 3 aromatic rings. The number of rotatable bonds is 5. The molecular weight excluding hydrogens is 552 g/mol. The van der Waals surface area contributed by atoms with E-state index in [9.17, 15) is 30.4 Å². The lowest BCUT2D eigenvalue weighted by molar-refractivity contribution is -0.138. The Morgan fingerprint density at radius 3 is 2.49 bits per heavy atom. The molecule has 1 N–H and O–H groups in total. The number of alkyl halides is 2. The van der Waals surface area contributed by atoms with Crippen molar-refractivity contribution in [2.45, 2.75) is 29.7 Å². The van der Waals surface area contributed by atoms with Crippen molar-refractivity contribution in [2.75, 3.05) is 49.1 Å². The number of carbonyl (C=O) groups excluding carboxylic acids is 1. The number of sulfone groups is 1. The standard InChI is InChI=1S/C25H27F2N5O5S2/c26-25(27)6-9-31(16-25)22-4-3-17(14-18(22)20-15-21-19(29-20)2-1-7-28-21)39(36,37)32-8-5-23(32)24(33)30-10-12-38(34,35)13-11-30/h1-4,7,14-15,23,29H,5-6,8-13,16H2/t23-/m0/s1. The zero-order valence-electron chi connectivity index (χ0n) is 20.9. The topological polar surface area (TPSA) is 124 Å². The van der Waals surface area contributed by atoms with Crippen molar-refractivity contribution >= 4 is 42.5 Å². The summed E-state index contributed by atoms with van der Waals surface area (Å²) in [5.74, 6) is -3.53. The third-order valence-electron chi connectivity index (χ3n) is 7.68. The number of aromatic amines is 1. The maximum Gasteiger partial charge on any atom is 0.266 e. The monoisotopic (exact) mass is 579 g/mol. The van der Waals surface area contributed by atoms with Gasteiger partial charge in [-0.15, -0.1) is 0 Å². The average Bonchev–Trinajstić information content (AvgIpc) is 3.45. The van der Waals surface area contributed by atoms with Crippen molar-refractivity contribution in [1.82, 2.24) is 19.2 Å². The molecule has 0 saturated carbocycles. The van der Waals surface area contributed by atoms with Gasteiger partial charge in [0.2, 0.25) is 15.9 Å². The van der Waals surface area contributed by atoms with Gasteiger partial charge in [0.1, 0.15) is 6.04 Å². The molecule has 1 amide bonds. The molecule has 3 saturated heterocycles. The molecule has 1 aromatic carbocycles. The number of pyridine rings is 1. The third kappa shape index (κ3) is 4.78. The van der Waals surface area contributed by atoms with Crippen molar-refractivity contribution in [3.63, 3.8) is 0 Å². The number of nitrogens with one attached hydrogen (secondary N) is 1. The molecule has 1 atom stereocenters. The van der Waals surface area contributed by atoms with Crippen LogP contribution in [-0.2, 0) is 24.7 Å². The van der Waals surface area contributed by atoms with Gasteiger partial charge in [-0.3, -0.25) is 9.78 Å². The number of nitrogens with zero attached hydrogens (tertiary/aromatic N) is 4. The number of benzene rings is 1. The molecule has 0 bridgehead atoms. The van der Waals surface area contributed by atoms with Gasteiger partial charge in [-0.1, -0.05) is 0 Å². The first-order valence-electron chi connectivity index (χ1n) is 12.7. The maximum absolute atomic E-state index is 14.1. The van der Waals surface area contributed by atoms with Crippen LogP contribution in [0.3, 0.4) is 0 Å². The second kappa shape index (κ2) is 9.24. The molecule has 2 aromatic heterocycles. The summed E-state index contributed by atoms with van der Waals surface area (Å²) < 4.78 is 80.2. The molecule has 10 nitrogen and oxygen atoms in total. The number of amides is 1. The molecule has 14 heteroatoms. The lowest BCUT2D eigenvalue weighted by atomic mass is 10.1. The Labute approximate surface area is 224 Å². The van der Waals surface area contributed by atoms with E-state index in [1.807, 2.05) is 6.07 Å². The van der Waals surface area contributed by atoms with E-state index >= 15 is 0 Å². The van der Waals surface area contributed by atoms with Crippen LogP contribution in [0.25, 0.3) is 22.3 Å². The number of halogens is 2. The zero-order valence-corrected chi connectivity index (χ0v) is 22.5. The van der Waals surface area contributed by atoms with Gasteiger partial charge in [-0.2, -0.15) is 4.31 Å². The Bertz CT molecular complexity index is 1630. The lowest BCUT2D eigenvalue weighted by Crippen LogP contribution is -2.60. The Kier molecular flexibility index (Phi) is 6.19. The van der Waals surface area contributed by atoms with Gasteiger partial charge >= 0.3 is 0 Å². The number of anilines is 1. The summed E-state index contributed by atoms with van der Waals surface area (Å²) in [6.45, 7) is -0.118. The minimum atomic E-state index is -4.11. The van der Waals surface area contributed by atoms with Crippen LogP contribution in [0.5, 0.6) is 0 Å². The molecular formula is C25H27F2N5O5S2. The normalized spacial score (nSPS) is 23.2. The van der Waals surface area contributed by atoms with E-state index in [1.165, 1.54) is 23.1 Å². The highest BCUT2D eigenvalue weighted by molar-refractivity contribution is 7.91.